The summed E-state index contributed by atoms with van der Waals surface area (Å²) in [6, 6.07) is 5.48. The number of hydrogen-bond donors (Lipinski definition) is 1. The first-order valence-corrected chi connectivity index (χ1v) is 7.11. The van der Waals surface area contributed by atoms with Gasteiger partial charge in [0.2, 0.25) is 0 Å². The van der Waals surface area contributed by atoms with E-state index in [1.165, 1.54) is 12.1 Å². The van der Waals surface area contributed by atoms with Crippen molar-refractivity contribution in [2.75, 3.05) is 6.54 Å². The summed E-state index contributed by atoms with van der Waals surface area (Å²) in [6.45, 7) is 6.69. The van der Waals surface area contributed by atoms with Gasteiger partial charge in [-0.1, -0.05) is 13.0 Å². The molecule has 2 aromatic rings. The molecule has 1 aromatic heterocycles. The van der Waals surface area contributed by atoms with Crippen LogP contribution in [-0.4, -0.2) is 11.5 Å². The van der Waals surface area contributed by atoms with Crippen LogP contribution < -0.4 is 5.32 Å². The monoisotopic (exact) mass is 290 g/mol. The Morgan fingerprint density at radius 3 is 2.62 bits per heavy atom. The molecule has 0 spiro atoms. The smallest absolute Gasteiger partial charge is 0.126 e. The van der Waals surface area contributed by atoms with Gasteiger partial charge in [-0.2, -0.15) is 0 Å². The minimum Gasteiger partial charge on any atom is -0.309 e. The second-order valence-electron chi connectivity index (χ2n) is 5.26. The second kappa shape index (κ2) is 6.76. The highest BCUT2D eigenvalue weighted by molar-refractivity contribution is 5.28. The van der Waals surface area contributed by atoms with Crippen molar-refractivity contribution in [3.8, 4) is 0 Å². The predicted molar refractivity (Wildman–Crippen MR) is 80.2 cm³/mol. The maximum atomic E-state index is 13.8. The predicted octanol–water partition coefficient (Wildman–Crippen LogP) is 3.87. The van der Waals surface area contributed by atoms with Gasteiger partial charge in [-0.25, -0.2) is 8.78 Å². The Hall–Kier alpha value is -1.81. The van der Waals surface area contributed by atoms with E-state index in [1.54, 1.807) is 6.20 Å². The molecule has 0 aliphatic rings. The molecule has 0 saturated heterocycles. The summed E-state index contributed by atoms with van der Waals surface area (Å²) in [5.74, 6) is -0.806. The standard InChI is InChI=1S/C17H20F2N2/c1-4-20-16(17-12(3)7-11(2)10-21-17)9-13-8-14(18)5-6-15(13)19/h5-8,10,16,20H,4,9H2,1-3H3. The summed E-state index contributed by atoms with van der Waals surface area (Å²) in [4.78, 5) is 4.47. The van der Waals surface area contributed by atoms with Gasteiger partial charge in [0.05, 0.1) is 11.7 Å². The lowest BCUT2D eigenvalue weighted by molar-refractivity contribution is 0.510. The number of likely N-dealkylation sites (N-methyl/N-ethyl adjacent to an activating group) is 1. The van der Waals surface area contributed by atoms with Crippen LogP contribution in [0.5, 0.6) is 0 Å². The summed E-state index contributed by atoms with van der Waals surface area (Å²) >= 11 is 0. The minimum absolute atomic E-state index is 0.133. The molecule has 0 radical (unpaired) electrons. The highest BCUT2D eigenvalue weighted by Crippen LogP contribution is 2.22. The number of halogens is 2. The molecule has 112 valence electrons. The quantitative estimate of drug-likeness (QED) is 0.904. The van der Waals surface area contributed by atoms with Crippen molar-refractivity contribution in [3.63, 3.8) is 0 Å². The zero-order chi connectivity index (χ0) is 15.4. The summed E-state index contributed by atoms with van der Waals surface area (Å²) < 4.78 is 27.2. The molecule has 0 bridgehead atoms. The van der Waals surface area contributed by atoms with Gasteiger partial charge < -0.3 is 5.32 Å². The summed E-state index contributed by atoms with van der Waals surface area (Å²) in [7, 11) is 0. The van der Waals surface area contributed by atoms with Crippen molar-refractivity contribution in [3.05, 3.63) is 64.5 Å². The van der Waals surface area contributed by atoms with Gasteiger partial charge in [0.1, 0.15) is 11.6 Å². The zero-order valence-electron chi connectivity index (χ0n) is 12.6. The van der Waals surface area contributed by atoms with E-state index < -0.39 is 5.82 Å². The van der Waals surface area contributed by atoms with Crippen molar-refractivity contribution in [1.29, 1.82) is 0 Å². The third-order valence-corrected chi connectivity index (χ3v) is 3.47. The highest BCUT2D eigenvalue weighted by Gasteiger charge is 2.17. The second-order valence-corrected chi connectivity index (χ2v) is 5.26. The molecular weight excluding hydrogens is 270 g/mol. The van der Waals surface area contributed by atoms with Gasteiger partial charge in [-0.3, -0.25) is 4.98 Å². The zero-order valence-corrected chi connectivity index (χ0v) is 12.6. The maximum Gasteiger partial charge on any atom is 0.126 e. The van der Waals surface area contributed by atoms with Gasteiger partial charge >= 0.3 is 0 Å². The number of nitrogens with zero attached hydrogens (tertiary/aromatic N) is 1. The van der Waals surface area contributed by atoms with E-state index in [0.29, 0.717) is 12.0 Å². The molecule has 0 saturated carbocycles. The van der Waals surface area contributed by atoms with Crippen molar-refractivity contribution < 1.29 is 8.78 Å². The van der Waals surface area contributed by atoms with E-state index in [0.717, 1.165) is 29.4 Å². The van der Waals surface area contributed by atoms with E-state index >= 15 is 0 Å². The van der Waals surface area contributed by atoms with Gasteiger partial charge in [-0.05, 0) is 61.7 Å². The number of rotatable bonds is 5. The van der Waals surface area contributed by atoms with E-state index in [4.69, 9.17) is 0 Å². The normalized spacial score (nSPS) is 12.4. The molecule has 1 heterocycles. The minimum atomic E-state index is -0.421. The summed E-state index contributed by atoms with van der Waals surface area (Å²) in [6.07, 6.45) is 2.17. The van der Waals surface area contributed by atoms with Crippen molar-refractivity contribution in [2.24, 2.45) is 0 Å². The van der Waals surface area contributed by atoms with Crippen molar-refractivity contribution >= 4 is 0 Å². The molecule has 2 rings (SSSR count). The Labute approximate surface area is 124 Å². The van der Waals surface area contributed by atoms with E-state index in [-0.39, 0.29) is 11.9 Å². The van der Waals surface area contributed by atoms with Crippen LogP contribution in [0.25, 0.3) is 0 Å². The van der Waals surface area contributed by atoms with Crippen LogP contribution in [-0.2, 0) is 6.42 Å². The molecule has 0 aliphatic carbocycles. The molecule has 1 N–H and O–H groups in total. The van der Waals surface area contributed by atoms with Gasteiger partial charge in [0.25, 0.3) is 0 Å². The molecule has 1 atom stereocenters. The SMILES string of the molecule is CCNC(Cc1cc(F)ccc1F)c1ncc(C)cc1C. The van der Waals surface area contributed by atoms with Crippen LogP contribution in [0.4, 0.5) is 8.78 Å². The molecule has 1 unspecified atom stereocenters. The first kappa shape index (κ1) is 15.6. The molecule has 1 aromatic carbocycles. The number of aryl methyl sites for hydroxylation is 2. The van der Waals surface area contributed by atoms with Gasteiger partial charge in [-0.15, -0.1) is 0 Å². The first-order chi connectivity index (χ1) is 10.0. The van der Waals surface area contributed by atoms with E-state index in [9.17, 15) is 8.78 Å². The molecule has 0 aliphatic heterocycles. The first-order valence-electron chi connectivity index (χ1n) is 7.11. The Kier molecular flexibility index (Phi) is 5.02. The molecule has 0 fully saturated rings. The summed E-state index contributed by atoms with van der Waals surface area (Å²) in [5.41, 5.74) is 3.38. The maximum absolute atomic E-state index is 13.8. The van der Waals surface area contributed by atoms with Crippen LogP contribution in [0.2, 0.25) is 0 Å². The summed E-state index contributed by atoms with van der Waals surface area (Å²) in [5, 5.41) is 3.30. The number of hydrogen-bond acceptors (Lipinski definition) is 2. The third kappa shape index (κ3) is 3.85. The lowest BCUT2D eigenvalue weighted by Gasteiger charge is -2.20. The molecule has 0 amide bonds. The molecular formula is C17H20F2N2. The molecule has 21 heavy (non-hydrogen) atoms. The molecule has 2 nitrogen and oxygen atoms in total. The topological polar surface area (TPSA) is 24.9 Å². The van der Waals surface area contributed by atoms with Crippen LogP contribution in [0.1, 0.15) is 35.3 Å². The average molecular weight is 290 g/mol. The van der Waals surface area contributed by atoms with E-state index in [2.05, 4.69) is 16.4 Å². The average Bonchev–Trinajstić information content (AvgIpc) is 2.42. The fourth-order valence-electron chi connectivity index (χ4n) is 2.52. The van der Waals surface area contributed by atoms with Crippen molar-refractivity contribution in [1.82, 2.24) is 10.3 Å². The van der Waals surface area contributed by atoms with Gasteiger partial charge in [0, 0.05) is 6.20 Å². The molecule has 4 heteroatoms. The number of pyridine rings is 1. The van der Waals surface area contributed by atoms with Crippen LogP contribution >= 0.6 is 0 Å². The fourth-order valence-corrected chi connectivity index (χ4v) is 2.52. The highest BCUT2D eigenvalue weighted by atomic mass is 19.1. The lowest BCUT2D eigenvalue weighted by Crippen LogP contribution is -2.25. The Balaban J connectivity index is 2.32. The number of benzene rings is 1. The van der Waals surface area contributed by atoms with Gasteiger partial charge in [0.15, 0.2) is 0 Å². The van der Waals surface area contributed by atoms with Crippen molar-refractivity contribution in [2.45, 2.75) is 33.2 Å². The lowest BCUT2D eigenvalue weighted by atomic mass is 9.98. The van der Waals surface area contributed by atoms with E-state index in [1.807, 2.05) is 20.8 Å². The Morgan fingerprint density at radius 1 is 1.19 bits per heavy atom. The number of nitrogens with one attached hydrogen (secondary N) is 1. The number of aromatic nitrogens is 1. The Bertz CT molecular complexity index is 626. The third-order valence-electron chi connectivity index (χ3n) is 3.47. The van der Waals surface area contributed by atoms with Crippen LogP contribution in [0.15, 0.2) is 30.5 Å². The Morgan fingerprint density at radius 2 is 1.95 bits per heavy atom. The van der Waals surface area contributed by atoms with Crippen LogP contribution in [0.3, 0.4) is 0 Å². The van der Waals surface area contributed by atoms with Crippen LogP contribution in [0, 0.1) is 25.5 Å². The fraction of sp³-hybridized carbons (Fsp3) is 0.353. The largest absolute Gasteiger partial charge is 0.309 e.